The Morgan fingerprint density at radius 3 is 2.88 bits per heavy atom. The Labute approximate surface area is 97.1 Å². The molecule has 0 fully saturated rings. The van der Waals surface area contributed by atoms with Crippen molar-refractivity contribution in [1.82, 2.24) is 19.3 Å². The van der Waals surface area contributed by atoms with Gasteiger partial charge in [-0.15, -0.1) is 0 Å². The van der Waals surface area contributed by atoms with Gasteiger partial charge in [0.1, 0.15) is 5.15 Å². The summed E-state index contributed by atoms with van der Waals surface area (Å²) in [6.07, 6.45) is 5.73. The van der Waals surface area contributed by atoms with E-state index in [1.54, 1.807) is 10.7 Å². The van der Waals surface area contributed by atoms with Crippen molar-refractivity contribution >= 4 is 22.6 Å². The predicted molar refractivity (Wildman–Crippen MR) is 62.8 cm³/mol. The van der Waals surface area contributed by atoms with Crippen molar-refractivity contribution in [3.63, 3.8) is 0 Å². The van der Waals surface area contributed by atoms with E-state index in [-0.39, 0.29) is 0 Å². The van der Waals surface area contributed by atoms with Crippen LogP contribution in [0.2, 0.25) is 5.15 Å². The van der Waals surface area contributed by atoms with Gasteiger partial charge in [0.15, 0.2) is 0 Å². The van der Waals surface area contributed by atoms with Crippen molar-refractivity contribution in [3.8, 4) is 5.69 Å². The minimum Gasteiger partial charge on any atom is -0.312 e. The van der Waals surface area contributed by atoms with Crippen LogP contribution in [0, 0.1) is 0 Å². The molecule has 0 amide bonds. The average molecular weight is 233 g/mol. The van der Waals surface area contributed by atoms with Crippen LogP contribution in [0.25, 0.3) is 16.7 Å². The summed E-state index contributed by atoms with van der Waals surface area (Å²) in [6, 6.07) is 5.68. The summed E-state index contributed by atoms with van der Waals surface area (Å²) in [5.41, 5.74) is 2.93. The molecule has 80 valence electrons. The van der Waals surface area contributed by atoms with Gasteiger partial charge in [-0.1, -0.05) is 11.6 Å². The number of halogens is 1. The molecule has 0 saturated carbocycles. The SMILES string of the molecule is Cn1cc(-n2ccc3nc(Cl)ccc32)cn1. The van der Waals surface area contributed by atoms with Gasteiger partial charge in [-0.25, -0.2) is 4.98 Å². The summed E-state index contributed by atoms with van der Waals surface area (Å²) in [5.74, 6) is 0. The molecule has 0 aromatic carbocycles. The van der Waals surface area contributed by atoms with Gasteiger partial charge in [0, 0.05) is 19.4 Å². The molecule has 0 spiro atoms. The second kappa shape index (κ2) is 3.35. The number of hydrogen-bond acceptors (Lipinski definition) is 2. The van der Waals surface area contributed by atoms with E-state index < -0.39 is 0 Å². The van der Waals surface area contributed by atoms with Crippen LogP contribution in [0.3, 0.4) is 0 Å². The van der Waals surface area contributed by atoms with Crippen LogP contribution >= 0.6 is 11.6 Å². The zero-order chi connectivity index (χ0) is 11.1. The van der Waals surface area contributed by atoms with Gasteiger partial charge in [-0.3, -0.25) is 4.68 Å². The monoisotopic (exact) mass is 232 g/mol. The van der Waals surface area contributed by atoms with E-state index in [4.69, 9.17) is 11.6 Å². The molecular weight excluding hydrogens is 224 g/mol. The van der Waals surface area contributed by atoms with Crippen LogP contribution in [0.1, 0.15) is 0 Å². The standard InChI is InChI=1S/C11H9ClN4/c1-15-7-8(6-13-15)16-5-4-9-10(16)2-3-11(12)14-9/h2-7H,1H3. The Morgan fingerprint density at radius 1 is 1.25 bits per heavy atom. The normalized spacial score (nSPS) is 11.1. The molecule has 3 heterocycles. The van der Waals surface area contributed by atoms with Crippen LogP contribution in [-0.4, -0.2) is 19.3 Å². The molecule has 0 aliphatic heterocycles. The minimum atomic E-state index is 0.511. The summed E-state index contributed by atoms with van der Waals surface area (Å²) >= 11 is 5.84. The molecule has 3 aromatic rings. The predicted octanol–water partition coefficient (Wildman–Crippen LogP) is 2.41. The highest BCUT2D eigenvalue weighted by Gasteiger charge is 2.05. The maximum absolute atomic E-state index is 5.84. The van der Waals surface area contributed by atoms with E-state index in [1.165, 1.54) is 0 Å². The lowest BCUT2D eigenvalue weighted by atomic mass is 10.4. The summed E-state index contributed by atoms with van der Waals surface area (Å²) in [7, 11) is 1.89. The van der Waals surface area contributed by atoms with Crippen LogP contribution in [0.5, 0.6) is 0 Å². The Morgan fingerprint density at radius 2 is 2.12 bits per heavy atom. The van der Waals surface area contributed by atoms with E-state index >= 15 is 0 Å². The first-order valence-corrected chi connectivity index (χ1v) is 5.24. The van der Waals surface area contributed by atoms with Crippen LogP contribution in [0.4, 0.5) is 0 Å². The van der Waals surface area contributed by atoms with Crippen LogP contribution in [-0.2, 0) is 7.05 Å². The maximum Gasteiger partial charge on any atom is 0.129 e. The van der Waals surface area contributed by atoms with Crippen molar-refractivity contribution in [2.45, 2.75) is 0 Å². The zero-order valence-electron chi connectivity index (χ0n) is 8.63. The second-order valence-electron chi connectivity index (χ2n) is 3.60. The fourth-order valence-electron chi connectivity index (χ4n) is 1.75. The first-order valence-electron chi connectivity index (χ1n) is 4.87. The molecule has 0 atom stereocenters. The lowest BCUT2D eigenvalue weighted by molar-refractivity contribution is 0.767. The Bertz CT molecular complexity index is 653. The van der Waals surface area contributed by atoms with Crippen molar-refractivity contribution in [2.24, 2.45) is 7.05 Å². The number of nitrogens with zero attached hydrogens (tertiary/aromatic N) is 4. The Kier molecular flexibility index (Phi) is 1.97. The van der Waals surface area contributed by atoms with Crippen molar-refractivity contribution in [2.75, 3.05) is 0 Å². The highest BCUT2D eigenvalue weighted by Crippen LogP contribution is 2.20. The molecule has 3 rings (SSSR count). The van der Waals surface area contributed by atoms with Crippen molar-refractivity contribution in [1.29, 1.82) is 0 Å². The maximum atomic E-state index is 5.84. The number of rotatable bonds is 1. The van der Waals surface area contributed by atoms with Gasteiger partial charge in [0.05, 0.1) is 22.9 Å². The van der Waals surface area contributed by atoms with E-state index in [0.29, 0.717) is 5.15 Å². The van der Waals surface area contributed by atoms with Crippen LogP contribution in [0.15, 0.2) is 36.8 Å². The molecule has 0 bridgehead atoms. The highest BCUT2D eigenvalue weighted by molar-refractivity contribution is 6.29. The third-order valence-electron chi connectivity index (χ3n) is 2.48. The molecule has 16 heavy (non-hydrogen) atoms. The number of aromatic nitrogens is 4. The molecule has 4 nitrogen and oxygen atoms in total. The third kappa shape index (κ3) is 1.39. The Balaban J connectivity index is 2.25. The first-order chi connectivity index (χ1) is 7.74. The zero-order valence-corrected chi connectivity index (χ0v) is 9.39. The lowest BCUT2D eigenvalue weighted by Crippen LogP contribution is -1.90. The molecule has 0 radical (unpaired) electrons. The quantitative estimate of drug-likeness (QED) is 0.604. The molecule has 0 N–H and O–H groups in total. The van der Waals surface area contributed by atoms with Gasteiger partial charge >= 0.3 is 0 Å². The van der Waals surface area contributed by atoms with E-state index in [9.17, 15) is 0 Å². The minimum absolute atomic E-state index is 0.511. The number of aryl methyl sites for hydroxylation is 1. The fraction of sp³-hybridized carbons (Fsp3) is 0.0909. The molecule has 3 aromatic heterocycles. The average Bonchev–Trinajstić information content (AvgIpc) is 2.83. The lowest BCUT2D eigenvalue weighted by Gasteiger charge is -2.00. The number of pyridine rings is 1. The summed E-state index contributed by atoms with van der Waals surface area (Å²) in [4.78, 5) is 4.25. The smallest absolute Gasteiger partial charge is 0.129 e. The third-order valence-corrected chi connectivity index (χ3v) is 2.69. The fourth-order valence-corrected chi connectivity index (χ4v) is 1.91. The van der Waals surface area contributed by atoms with Gasteiger partial charge in [0.25, 0.3) is 0 Å². The second-order valence-corrected chi connectivity index (χ2v) is 3.98. The van der Waals surface area contributed by atoms with Crippen LogP contribution < -0.4 is 0 Å². The van der Waals surface area contributed by atoms with E-state index in [2.05, 4.69) is 10.1 Å². The number of fused-ring (bicyclic) bond motifs is 1. The van der Waals surface area contributed by atoms with E-state index in [1.807, 2.05) is 42.3 Å². The molecule has 0 aliphatic rings. The number of hydrogen-bond donors (Lipinski definition) is 0. The first kappa shape index (κ1) is 9.42. The van der Waals surface area contributed by atoms with Gasteiger partial charge < -0.3 is 4.57 Å². The van der Waals surface area contributed by atoms with Crippen molar-refractivity contribution < 1.29 is 0 Å². The topological polar surface area (TPSA) is 35.6 Å². The molecular formula is C11H9ClN4. The van der Waals surface area contributed by atoms with E-state index in [0.717, 1.165) is 16.7 Å². The summed E-state index contributed by atoms with van der Waals surface area (Å²) in [6.45, 7) is 0. The van der Waals surface area contributed by atoms with Gasteiger partial charge in [0.2, 0.25) is 0 Å². The summed E-state index contributed by atoms with van der Waals surface area (Å²) in [5, 5.41) is 4.66. The molecule has 0 saturated heterocycles. The largest absolute Gasteiger partial charge is 0.312 e. The molecule has 0 aliphatic carbocycles. The molecule has 5 heteroatoms. The summed E-state index contributed by atoms with van der Waals surface area (Å²) < 4.78 is 3.80. The van der Waals surface area contributed by atoms with Gasteiger partial charge in [-0.2, -0.15) is 5.10 Å². The van der Waals surface area contributed by atoms with Gasteiger partial charge in [-0.05, 0) is 18.2 Å². The Hall–Kier alpha value is -1.81. The highest BCUT2D eigenvalue weighted by atomic mass is 35.5. The van der Waals surface area contributed by atoms with Crippen molar-refractivity contribution in [3.05, 3.63) is 41.9 Å². The molecule has 0 unspecified atom stereocenters.